The van der Waals surface area contributed by atoms with Crippen LogP contribution in [0.3, 0.4) is 0 Å². The minimum atomic E-state index is -0.992. The molecule has 0 aliphatic carbocycles. The van der Waals surface area contributed by atoms with Crippen molar-refractivity contribution < 1.29 is 28.0 Å². The summed E-state index contributed by atoms with van der Waals surface area (Å²) in [7, 11) is 1.54. The Morgan fingerprint density at radius 3 is 2.30 bits per heavy atom. The Morgan fingerprint density at radius 2 is 1.59 bits per heavy atom. The van der Waals surface area contributed by atoms with Crippen molar-refractivity contribution in [3.63, 3.8) is 0 Å². The first-order valence-corrected chi connectivity index (χ1v) is 11.6. The summed E-state index contributed by atoms with van der Waals surface area (Å²) in [6, 6.07) is 21.8. The van der Waals surface area contributed by atoms with Crippen LogP contribution >= 0.6 is 0 Å². The lowest BCUT2D eigenvalue weighted by Gasteiger charge is -2.32. The molecule has 4 aromatic rings. The Morgan fingerprint density at radius 1 is 0.865 bits per heavy atom. The highest BCUT2D eigenvalue weighted by molar-refractivity contribution is 5.95. The minimum absolute atomic E-state index is 0.0627. The van der Waals surface area contributed by atoms with E-state index in [1.807, 2.05) is 24.3 Å². The number of ether oxygens (including phenoxy) is 1. The van der Waals surface area contributed by atoms with Gasteiger partial charge in [-0.1, -0.05) is 48.5 Å². The number of rotatable bonds is 11. The zero-order valence-electron chi connectivity index (χ0n) is 20.3. The van der Waals surface area contributed by atoms with Crippen LogP contribution in [0, 0.1) is 0 Å². The number of methoxy groups -OCH3 is 1. The second-order valence-corrected chi connectivity index (χ2v) is 8.10. The second-order valence-electron chi connectivity index (χ2n) is 8.10. The van der Waals surface area contributed by atoms with Gasteiger partial charge in [0.2, 0.25) is 11.8 Å². The summed E-state index contributed by atoms with van der Waals surface area (Å²) in [4.78, 5) is 41.0. The van der Waals surface area contributed by atoms with Crippen LogP contribution in [0.1, 0.15) is 33.5 Å². The fourth-order valence-electron chi connectivity index (χ4n) is 3.89. The smallest absolute Gasteiger partial charge is 0.287 e. The first-order valence-electron chi connectivity index (χ1n) is 11.6. The monoisotopic (exact) mass is 501 g/mol. The summed E-state index contributed by atoms with van der Waals surface area (Å²) < 4.78 is 15.9. The third kappa shape index (κ3) is 6.46. The molecule has 0 radical (unpaired) electrons. The Balaban J connectivity index is 1.64. The molecule has 1 atom stereocenters. The Bertz CT molecular complexity index is 1300. The molecule has 190 valence electrons. The summed E-state index contributed by atoms with van der Waals surface area (Å²) >= 11 is 0. The molecule has 1 unspecified atom stereocenters. The maximum absolute atomic E-state index is 13.6. The van der Waals surface area contributed by atoms with E-state index in [9.17, 15) is 14.4 Å². The van der Waals surface area contributed by atoms with E-state index in [1.54, 1.807) is 55.6 Å². The lowest BCUT2D eigenvalue weighted by Crippen LogP contribution is -2.46. The van der Waals surface area contributed by atoms with Crippen molar-refractivity contribution in [2.75, 3.05) is 13.7 Å². The van der Waals surface area contributed by atoms with Crippen LogP contribution in [0.5, 0.6) is 5.75 Å². The standard InChI is InChI=1S/C28H27N3O6/c1-35-23-13-6-5-11-21(23)19-31(25(32)18-30-27(33)24-14-8-16-37-24)26(20-9-3-2-4-10-20)28(34)29-17-22-12-7-15-36-22/h2-16,26H,17-19H2,1H3,(H,29,34)(H,30,33). The van der Waals surface area contributed by atoms with E-state index in [0.717, 1.165) is 0 Å². The fourth-order valence-corrected chi connectivity index (χ4v) is 3.89. The van der Waals surface area contributed by atoms with Gasteiger partial charge >= 0.3 is 0 Å². The maximum atomic E-state index is 13.6. The number of para-hydroxylation sites is 1. The average molecular weight is 502 g/mol. The normalized spacial score (nSPS) is 11.4. The van der Waals surface area contributed by atoms with Gasteiger partial charge in [0.25, 0.3) is 5.91 Å². The lowest BCUT2D eigenvalue weighted by molar-refractivity contribution is -0.141. The molecule has 9 heteroatoms. The van der Waals surface area contributed by atoms with Crippen molar-refractivity contribution in [1.82, 2.24) is 15.5 Å². The average Bonchev–Trinajstić information content (AvgIpc) is 3.66. The van der Waals surface area contributed by atoms with Crippen molar-refractivity contribution in [3.8, 4) is 5.75 Å². The Kier molecular flexibility index (Phi) is 8.38. The van der Waals surface area contributed by atoms with Crippen molar-refractivity contribution in [3.05, 3.63) is 114 Å². The number of hydrogen-bond acceptors (Lipinski definition) is 6. The number of carbonyl (C=O) groups is 3. The van der Waals surface area contributed by atoms with Crippen molar-refractivity contribution >= 4 is 17.7 Å². The molecule has 2 N–H and O–H groups in total. The molecule has 0 fully saturated rings. The summed E-state index contributed by atoms with van der Waals surface area (Å²) in [5.41, 5.74) is 1.32. The highest BCUT2D eigenvalue weighted by Crippen LogP contribution is 2.27. The van der Waals surface area contributed by atoms with E-state index in [2.05, 4.69) is 10.6 Å². The molecule has 0 aliphatic rings. The topological polar surface area (TPSA) is 114 Å². The molecular weight excluding hydrogens is 474 g/mol. The third-order valence-corrected chi connectivity index (χ3v) is 5.69. The van der Waals surface area contributed by atoms with Gasteiger partial charge in [-0.2, -0.15) is 0 Å². The highest BCUT2D eigenvalue weighted by atomic mass is 16.5. The van der Waals surface area contributed by atoms with Gasteiger partial charge in [-0.15, -0.1) is 0 Å². The first kappa shape index (κ1) is 25.3. The molecule has 37 heavy (non-hydrogen) atoms. The maximum Gasteiger partial charge on any atom is 0.287 e. The van der Waals surface area contributed by atoms with Gasteiger partial charge in [0, 0.05) is 5.56 Å². The number of benzene rings is 2. The summed E-state index contributed by atoms with van der Waals surface area (Å²) in [6.45, 7) is -0.127. The minimum Gasteiger partial charge on any atom is -0.496 e. The Labute approximate surface area is 214 Å². The van der Waals surface area contributed by atoms with Gasteiger partial charge in [0.05, 0.1) is 39.3 Å². The molecule has 3 amide bonds. The number of carbonyl (C=O) groups excluding carboxylic acids is 3. The fraction of sp³-hybridized carbons (Fsp3) is 0.179. The third-order valence-electron chi connectivity index (χ3n) is 5.69. The van der Waals surface area contributed by atoms with Gasteiger partial charge in [-0.05, 0) is 35.9 Å². The lowest BCUT2D eigenvalue weighted by atomic mass is 10.0. The molecular formula is C28H27N3O6. The molecule has 4 rings (SSSR count). The number of nitrogens with one attached hydrogen (secondary N) is 2. The van der Waals surface area contributed by atoms with Crippen molar-refractivity contribution in [2.45, 2.75) is 19.1 Å². The highest BCUT2D eigenvalue weighted by Gasteiger charge is 2.32. The number of amides is 3. The van der Waals surface area contributed by atoms with Gasteiger partial charge in [0.15, 0.2) is 5.76 Å². The quantitative estimate of drug-likeness (QED) is 0.324. The zero-order valence-corrected chi connectivity index (χ0v) is 20.3. The molecule has 0 bridgehead atoms. The molecule has 2 aromatic carbocycles. The van der Waals surface area contributed by atoms with E-state index in [1.165, 1.54) is 23.5 Å². The molecule has 9 nitrogen and oxygen atoms in total. The van der Waals surface area contributed by atoms with Crippen LogP contribution in [-0.4, -0.2) is 36.3 Å². The van der Waals surface area contributed by atoms with E-state index < -0.39 is 23.8 Å². The van der Waals surface area contributed by atoms with E-state index in [-0.39, 0.29) is 25.4 Å². The van der Waals surface area contributed by atoms with Gasteiger partial charge in [0.1, 0.15) is 17.6 Å². The van der Waals surface area contributed by atoms with E-state index in [4.69, 9.17) is 13.6 Å². The summed E-state index contributed by atoms with van der Waals surface area (Å²) in [5, 5.41) is 5.44. The number of hydrogen-bond donors (Lipinski definition) is 2. The largest absolute Gasteiger partial charge is 0.496 e. The number of nitrogens with zero attached hydrogens (tertiary/aromatic N) is 1. The van der Waals surface area contributed by atoms with Gasteiger partial charge < -0.3 is 29.1 Å². The molecule has 0 saturated heterocycles. The molecule has 0 spiro atoms. The van der Waals surface area contributed by atoms with Crippen LogP contribution in [0.4, 0.5) is 0 Å². The number of furan rings is 2. The van der Waals surface area contributed by atoms with Crippen LogP contribution in [0.15, 0.2) is 100 Å². The van der Waals surface area contributed by atoms with Gasteiger partial charge in [-0.25, -0.2) is 0 Å². The van der Waals surface area contributed by atoms with Crippen LogP contribution in [0.2, 0.25) is 0 Å². The van der Waals surface area contributed by atoms with E-state index in [0.29, 0.717) is 22.6 Å². The summed E-state index contributed by atoms with van der Waals surface area (Å²) in [5.74, 6) is -0.166. The van der Waals surface area contributed by atoms with Crippen LogP contribution in [-0.2, 0) is 22.7 Å². The predicted molar refractivity (Wildman–Crippen MR) is 134 cm³/mol. The van der Waals surface area contributed by atoms with Gasteiger partial charge in [-0.3, -0.25) is 14.4 Å². The van der Waals surface area contributed by atoms with Crippen LogP contribution in [0.25, 0.3) is 0 Å². The molecule has 2 aromatic heterocycles. The first-order chi connectivity index (χ1) is 18.1. The molecule has 0 aliphatic heterocycles. The molecule has 0 saturated carbocycles. The van der Waals surface area contributed by atoms with E-state index >= 15 is 0 Å². The summed E-state index contributed by atoms with van der Waals surface area (Å²) in [6.07, 6.45) is 2.90. The predicted octanol–water partition coefficient (Wildman–Crippen LogP) is 3.70. The molecule has 2 heterocycles. The second kappa shape index (κ2) is 12.3. The van der Waals surface area contributed by atoms with Crippen LogP contribution < -0.4 is 15.4 Å². The van der Waals surface area contributed by atoms with Crippen molar-refractivity contribution in [1.29, 1.82) is 0 Å². The van der Waals surface area contributed by atoms with Crippen molar-refractivity contribution in [2.24, 2.45) is 0 Å². The Hall–Kier alpha value is -4.79. The zero-order chi connectivity index (χ0) is 26.0. The SMILES string of the molecule is COc1ccccc1CN(C(=O)CNC(=O)c1ccco1)C(C(=O)NCc1ccco1)c1ccccc1.